The van der Waals surface area contributed by atoms with Crippen LogP contribution < -0.4 is 0 Å². The monoisotopic (exact) mass is 284 g/mol. The lowest BCUT2D eigenvalue weighted by Gasteiger charge is -2.16. The molecule has 0 saturated heterocycles. The van der Waals surface area contributed by atoms with Gasteiger partial charge in [0, 0.05) is 25.4 Å². The van der Waals surface area contributed by atoms with E-state index in [4.69, 9.17) is 9.52 Å². The fourth-order valence-corrected chi connectivity index (χ4v) is 1.89. The number of aromatic nitrogens is 1. The molecular weight excluding hydrogens is 268 g/mol. The van der Waals surface area contributed by atoms with Crippen LogP contribution in [0, 0.1) is 18.8 Å². The lowest BCUT2D eigenvalue weighted by molar-refractivity contribution is 0.0778. The Hall–Kier alpha value is -2.58. The Morgan fingerprint density at radius 3 is 2.95 bits per heavy atom. The van der Waals surface area contributed by atoms with Crippen LogP contribution in [0.4, 0.5) is 0 Å². The summed E-state index contributed by atoms with van der Waals surface area (Å²) in [5, 5.41) is 8.77. The number of carbonyl (C=O) groups is 1. The lowest BCUT2D eigenvalue weighted by Crippen LogP contribution is -2.27. The van der Waals surface area contributed by atoms with Crippen LogP contribution in [0.5, 0.6) is 0 Å². The maximum Gasteiger partial charge on any atom is 0.273 e. The van der Waals surface area contributed by atoms with Gasteiger partial charge in [0.15, 0.2) is 0 Å². The second-order valence-corrected chi connectivity index (χ2v) is 4.52. The summed E-state index contributed by atoms with van der Waals surface area (Å²) in [6, 6.07) is 5.25. The van der Waals surface area contributed by atoms with E-state index in [-0.39, 0.29) is 18.2 Å². The topological polar surface area (TPSA) is 66.6 Å². The summed E-state index contributed by atoms with van der Waals surface area (Å²) >= 11 is 0. The molecule has 0 saturated carbocycles. The minimum atomic E-state index is -0.257. The molecule has 108 valence electrons. The molecule has 0 atom stereocenters. The number of aliphatic hydroxyl groups excluding tert-OH is 1. The Morgan fingerprint density at radius 1 is 1.48 bits per heavy atom. The normalized spacial score (nSPS) is 9.86. The predicted octanol–water partition coefficient (Wildman–Crippen LogP) is 1.60. The number of rotatable bonds is 3. The fourth-order valence-electron chi connectivity index (χ4n) is 1.89. The quantitative estimate of drug-likeness (QED) is 0.869. The Labute approximate surface area is 123 Å². The van der Waals surface area contributed by atoms with Gasteiger partial charge in [-0.2, -0.15) is 0 Å². The molecule has 2 aromatic heterocycles. The SMILES string of the molecule is Cc1occc1CN(C)C(=O)c1ncccc1C#CCO. The van der Waals surface area contributed by atoms with E-state index in [9.17, 15) is 4.79 Å². The van der Waals surface area contributed by atoms with E-state index in [0.717, 1.165) is 11.3 Å². The molecule has 0 aromatic carbocycles. The number of hydrogen-bond donors (Lipinski definition) is 1. The van der Waals surface area contributed by atoms with Crippen LogP contribution in [0.2, 0.25) is 0 Å². The van der Waals surface area contributed by atoms with Gasteiger partial charge in [-0.05, 0) is 25.1 Å². The molecule has 5 nitrogen and oxygen atoms in total. The van der Waals surface area contributed by atoms with Crippen LogP contribution in [0.3, 0.4) is 0 Å². The first kappa shape index (κ1) is 14.8. The highest BCUT2D eigenvalue weighted by Crippen LogP contribution is 2.13. The van der Waals surface area contributed by atoms with Gasteiger partial charge in [0.2, 0.25) is 0 Å². The first-order valence-corrected chi connectivity index (χ1v) is 6.46. The van der Waals surface area contributed by atoms with Gasteiger partial charge in [0.25, 0.3) is 5.91 Å². The molecule has 0 aliphatic rings. The zero-order valence-corrected chi connectivity index (χ0v) is 12.0. The van der Waals surface area contributed by atoms with Crippen LogP contribution in [-0.2, 0) is 6.54 Å². The van der Waals surface area contributed by atoms with Gasteiger partial charge in [-0.3, -0.25) is 4.79 Å². The van der Waals surface area contributed by atoms with Gasteiger partial charge in [-0.25, -0.2) is 4.98 Å². The zero-order valence-electron chi connectivity index (χ0n) is 12.0. The first-order valence-electron chi connectivity index (χ1n) is 6.46. The standard InChI is InChI=1S/C16H16N2O3/c1-12-14(7-10-21-12)11-18(2)16(20)15-13(6-4-9-19)5-3-8-17-15/h3,5,7-8,10,19H,9,11H2,1-2H3. The molecule has 2 aromatic rings. The molecule has 5 heteroatoms. The number of pyridine rings is 1. The van der Waals surface area contributed by atoms with E-state index < -0.39 is 0 Å². The number of aryl methyl sites for hydroxylation is 1. The van der Waals surface area contributed by atoms with E-state index in [2.05, 4.69) is 16.8 Å². The van der Waals surface area contributed by atoms with Crippen molar-refractivity contribution >= 4 is 5.91 Å². The molecule has 0 bridgehead atoms. The second-order valence-electron chi connectivity index (χ2n) is 4.52. The third-order valence-corrected chi connectivity index (χ3v) is 3.03. The van der Waals surface area contributed by atoms with Crippen LogP contribution in [-0.4, -0.2) is 34.6 Å². The molecule has 2 rings (SSSR count). The molecule has 0 aliphatic heterocycles. The minimum absolute atomic E-state index is 0.224. The van der Waals surface area contributed by atoms with Crippen LogP contribution in [0.1, 0.15) is 27.4 Å². The molecule has 1 N–H and O–H groups in total. The molecule has 21 heavy (non-hydrogen) atoms. The highest BCUT2D eigenvalue weighted by molar-refractivity contribution is 5.94. The van der Waals surface area contributed by atoms with Crippen molar-refractivity contribution in [3.63, 3.8) is 0 Å². The largest absolute Gasteiger partial charge is 0.469 e. The van der Waals surface area contributed by atoms with Crippen molar-refractivity contribution in [2.75, 3.05) is 13.7 Å². The maximum atomic E-state index is 12.5. The van der Waals surface area contributed by atoms with Crippen molar-refractivity contribution in [1.82, 2.24) is 9.88 Å². The van der Waals surface area contributed by atoms with Crippen molar-refractivity contribution in [2.45, 2.75) is 13.5 Å². The van der Waals surface area contributed by atoms with Gasteiger partial charge < -0.3 is 14.4 Å². The third-order valence-electron chi connectivity index (χ3n) is 3.03. The lowest BCUT2D eigenvalue weighted by atomic mass is 10.1. The molecule has 2 heterocycles. The van der Waals surface area contributed by atoms with E-state index in [1.807, 2.05) is 13.0 Å². The van der Waals surface area contributed by atoms with Gasteiger partial charge >= 0.3 is 0 Å². The van der Waals surface area contributed by atoms with Crippen LogP contribution >= 0.6 is 0 Å². The van der Waals surface area contributed by atoms with Gasteiger partial charge in [0.05, 0.1) is 11.8 Å². The number of furan rings is 1. The maximum absolute atomic E-state index is 12.5. The molecule has 0 fully saturated rings. The Kier molecular flexibility index (Phi) is 4.75. The van der Waals surface area contributed by atoms with Crippen molar-refractivity contribution in [1.29, 1.82) is 0 Å². The first-order chi connectivity index (χ1) is 10.1. The number of hydrogen-bond acceptors (Lipinski definition) is 4. The molecule has 0 radical (unpaired) electrons. The average Bonchev–Trinajstić information content (AvgIpc) is 2.90. The van der Waals surface area contributed by atoms with Crippen molar-refractivity contribution in [3.05, 3.63) is 53.2 Å². The number of aliphatic hydroxyl groups is 1. The van der Waals surface area contributed by atoms with Gasteiger partial charge in [-0.15, -0.1) is 0 Å². The van der Waals surface area contributed by atoms with Crippen molar-refractivity contribution in [2.24, 2.45) is 0 Å². The summed E-state index contributed by atoms with van der Waals surface area (Å²) in [6.45, 7) is 2.03. The zero-order chi connectivity index (χ0) is 15.2. The minimum Gasteiger partial charge on any atom is -0.469 e. The van der Waals surface area contributed by atoms with Crippen molar-refractivity contribution in [3.8, 4) is 11.8 Å². The summed E-state index contributed by atoms with van der Waals surface area (Å²) in [6.07, 6.45) is 3.15. The summed E-state index contributed by atoms with van der Waals surface area (Å²) in [5.41, 5.74) is 1.74. The van der Waals surface area contributed by atoms with E-state index in [1.165, 1.54) is 0 Å². The Balaban J connectivity index is 2.21. The van der Waals surface area contributed by atoms with E-state index >= 15 is 0 Å². The smallest absolute Gasteiger partial charge is 0.273 e. The summed E-state index contributed by atoms with van der Waals surface area (Å²) < 4.78 is 5.22. The van der Waals surface area contributed by atoms with Crippen molar-refractivity contribution < 1.29 is 14.3 Å². The van der Waals surface area contributed by atoms with Crippen LogP contribution in [0.15, 0.2) is 35.1 Å². The Bertz CT molecular complexity index is 695. The number of amides is 1. The molecule has 0 unspecified atom stereocenters. The van der Waals surface area contributed by atoms with E-state index in [0.29, 0.717) is 12.1 Å². The second kappa shape index (κ2) is 6.73. The highest BCUT2D eigenvalue weighted by atomic mass is 16.3. The van der Waals surface area contributed by atoms with Crippen LogP contribution in [0.25, 0.3) is 0 Å². The number of carbonyl (C=O) groups excluding carboxylic acids is 1. The van der Waals surface area contributed by atoms with Gasteiger partial charge in [-0.1, -0.05) is 11.8 Å². The average molecular weight is 284 g/mol. The highest BCUT2D eigenvalue weighted by Gasteiger charge is 2.17. The fraction of sp³-hybridized carbons (Fsp3) is 0.250. The summed E-state index contributed by atoms with van der Waals surface area (Å²) in [7, 11) is 1.70. The molecular formula is C16H16N2O3. The third kappa shape index (κ3) is 3.50. The molecule has 0 aliphatic carbocycles. The summed E-state index contributed by atoms with van der Waals surface area (Å²) in [5.74, 6) is 5.84. The molecule has 0 spiro atoms. The van der Waals surface area contributed by atoms with Gasteiger partial charge in [0.1, 0.15) is 18.1 Å². The summed E-state index contributed by atoms with van der Waals surface area (Å²) in [4.78, 5) is 18.1. The van der Waals surface area contributed by atoms with E-state index in [1.54, 1.807) is 36.5 Å². The predicted molar refractivity (Wildman–Crippen MR) is 77.4 cm³/mol. The number of nitrogens with zero attached hydrogens (tertiary/aromatic N) is 2. The Morgan fingerprint density at radius 2 is 2.29 bits per heavy atom. The molecule has 1 amide bonds.